The molecule has 1 atom stereocenters. The number of benzene rings is 1. The van der Waals surface area contributed by atoms with Crippen LogP contribution in [0.1, 0.15) is 18.9 Å². The first kappa shape index (κ1) is 14.0. The van der Waals surface area contributed by atoms with Crippen LogP contribution in [-0.2, 0) is 11.2 Å². The Morgan fingerprint density at radius 2 is 1.88 bits per heavy atom. The lowest BCUT2D eigenvalue weighted by atomic mass is 10.0. The molecule has 0 heterocycles. The summed E-state index contributed by atoms with van der Waals surface area (Å²) < 4.78 is 10.3. The van der Waals surface area contributed by atoms with Gasteiger partial charge in [0.05, 0.1) is 7.11 Å². The lowest BCUT2D eigenvalue weighted by Crippen LogP contribution is -2.32. The minimum Gasteiger partial charge on any atom is -0.497 e. The third-order valence-corrected chi connectivity index (χ3v) is 2.80. The van der Waals surface area contributed by atoms with Gasteiger partial charge in [-0.25, -0.2) is 0 Å². The molecule has 1 N–H and O–H groups in total. The van der Waals surface area contributed by atoms with Crippen LogP contribution >= 0.6 is 0 Å². The minimum atomic E-state index is 0.480. The molecule has 0 aliphatic rings. The van der Waals surface area contributed by atoms with Crippen molar-refractivity contribution in [2.45, 2.75) is 25.8 Å². The van der Waals surface area contributed by atoms with E-state index >= 15 is 0 Å². The van der Waals surface area contributed by atoms with E-state index in [0.29, 0.717) is 6.04 Å². The molecule has 0 bridgehead atoms. The zero-order valence-corrected chi connectivity index (χ0v) is 11.0. The molecule has 3 heteroatoms. The van der Waals surface area contributed by atoms with E-state index in [1.807, 2.05) is 12.1 Å². The smallest absolute Gasteiger partial charge is 0.118 e. The first-order valence-corrected chi connectivity index (χ1v) is 6.15. The third kappa shape index (κ3) is 5.20. The number of ether oxygens (including phenoxy) is 2. The summed E-state index contributed by atoms with van der Waals surface area (Å²) in [5.74, 6) is 0.908. The van der Waals surface area contributed by atoms with Gasteiger partial charge in [-0.05, 0) is 37.1 Å². The average molecular weight is 237 g/mol. The van der Waals surface area contributed by atoms with Crippen LogP contribution in [0.3, 0.4) is 0 Å². The van der Waals surface area contributed by atoms with Crippen molar-refractivity contribution in [3.63, 3.8) is 0 Å². The Morgan fingerprint density at radius 1 is 1.18 bits per heavy atom. The fourth-order valence-corrected chi connectivity index (χ4v) is 1.87. The van der Waals surface area contributed by atoms with E-state index in [-0.39, 0.29) is 0 Å². The molecular weight excluding hydrogens is 214 g/mol. The molecule has 0 saturated carbocycles. The molecule has 0 aliphatic carbocycles. The van der Waals surface area contributed by atoms with Gasteiger partial charge in [0.15, 0.2) is 0 Å². The van der Waals surface area contributed by atoms with Crippen LogP contribution in [-0.4, -0.2) is 33.4 Å². The van der Waals surface area contributed by atoms with E-state index in [1.165, 1.54) is 5.56 Å². The Kier molecular flexibility index (Phi) is 6.67. The molecule has 1 aromatic carbocycles. The van der Waals surface area contributed by atoms with E-state index in [9.17, 15) is 0 Å². The largest absolute Gasteiger partial charge is 0.497 e. The highest BCUT2D eigenvalue weighted by molar-refractivity contribution is 5.27. The van der Waals surface area contributed by atoms with Crippen molar-refractivity contribution in [1.82, 2.24) is 5.32 Å². The second-order valence-corrected chi connectivity index (χ2v) is 4.09. The molecule has 0 spiro atoms. The van der Waals surface area contributed by atoms with Crippen molar-refractivity contribution in [3.8, 4) is 5.75 Å². The van der Waals surface area contributed by atoms with E-state index in [4.69, 9.17) is 9.47 Å². The fraction of sp³-hybridized carbons (Fsp3) is 0.571. The Hall–Kier alpha value is -1.06. The third-order valence-electron chi connectivity index (χ3n) is 2.80. The van der Waals surface area contributed by atoms with Crippen molar-refractivity contribution in [2.24, 2.45) is 0 Å². The summed E-state index contributed by atoms with van der Waals surface area (Å²) in [6, 6.07) is 8.74. The number of nitrogens with one attached hydrogen (secondary N) is 1. The standard InChI is InChI=1S/C14H23NO2/c1-4-15-13(9-10-16-2)11-12-5-7-14(17-3)8-6-12/h5-8,13,15H,4,9-11H2,1-3H3. The molecule has 0 saturated heterocycles. The maximum Gasteiger partial charge on any atom is 0.118 e. The van der Waals surface area contributed by atoms with Gasteiger partial charge >= 0.3 is 0 Å². The number of rotatable bonds is 8. The van der Waals surface area contributed by atoms with Gasteiger partial charge in [0, 0.05) is 19.8 Å². The molecular formula is C14H23NO2. The quantitative estimate of drug-likeness (QED) is 0.752. The Labute approximate surface area is 104 Å². The highest BCUT2D eigenvalue weighted by Gasteiger charge is 2.08. The summed E-state index contributed by atoms with van der Waals surface area (Å²) in [6.07, 6.45) is 2.07. The first-order valence-electron chi connectivity index (χ1n) is 6.15. The Morgan fingerprint density at radius 3 is 2.41 bits per heavy atom. The minimum absolute atomic E-state index is 0.480. The summed E-state index contributed by atoms with van der Waals surface area (Å²) in [5, 5.41) is 3.48. The first-order chi connectivity index (χ1) is 8.30. The van der Waals surface area contributed by atoms with Crippen LogP contribution in [0.4, 0.5) is 0 Å². The molecule has 3 nitrogen and oxygen atoms in total. The van der Waals surface area contributed by atoms with E-state index in [2.05, 4.69) is 24.4 Å². The van der Waals surface area contributed by atoms with Gasteiger partial charge in [-0.15, -0.1) is 0 Å². The summed E-state index contributed by atoms with van der Waals surface area (Å²) in [6.45, 7) is 3.92. The van der Waals surface area contributed by atoms with Gasteiger partial charge in [-0.3, -0.25) is 0 Å². The maximum atomic E-state index is 5.15. The van der Waals surface area contributed by atoms with Crippen LogP contribution < -0.4 is 10.1 Å². The molecule has 0 aliphatic heterocycles. The molecule has 0 aromatic heterocycles. The summed E-state index contributed by atoms with van der Waals surface area (Å²) in [7, 11) is 3.44. The number of methoxy groups -OCH3 is 2. The molecule has 1 rings (SSSR count). The molecule has 1 unspecified atom stereocenters. The molecule has 1 aromatic rings. The number of likely N-dealkylation sites (N-methyl/N-ethyl adjacent to an activating group) is 1. The van der Waals surface area contributed by atoms with Gasteiger partial charge in [-0.2, -0.15) is 0 Å². The van der Waals surface area contributed by atoms with E-state index < -0.39 is 0 Å². The zero-order chi connectivity index (χ0) is 12.5. The second-order valence-electron chi connectivity index (χ2n) is 4.09. The predicted octanol–water partition coefficient (Wildman–Crippen LogP) is 2.25. The second kappa shape index (κ2) is 8.09. The monoisotopic (exact) mass is 237 g/mol. The lowest BCUT2D eigenvalue weighted by Gasteiger charge is -2.17. The predicted molar refractivity (Wildman–Crippen MR) is 70.7 cm³/mol. The molecule has 17 heavy (non-hydrogen) atoms. The summed E-state index contributed by atoms with van der Waals surface area (Å²) in [4.78, 5) is 0. The molecule has 0 fully saturated rings. The van der Waals surface area contributed by atoms with Crippen LogP contribution in [0.25, 0.3) is 0 Å². The topological polar surface area (TPSA) is 30.5 Å². The van der Waals surface area contributed by atoms with Crippen molar-refractivity contribution in [3.05, 3.63) is 29.8 Å². The average Bonchev–Trinajstić information content (AvgIpc) is 2.37. The molecule has 96 valence electrons. The van der Waals surface area contributed by atoms with Crippen LogP contribution in [0, 0.1) is 0 Å². The number of hydrogen-bond donors (Lipinski definition) is 1. The van der Waals surface area contributed by atoms with Crippen molar-refractivity contribution < 1.29 is 9.47 Å². The number of hydrogen-bond acceptors (Lipinski definition) is 3. The highest BCUT2D eigenvalue weighted by Crippen LogP contribution is 2.13. The van der Waals surface area contributed by atoms with Gasteiger partial charge < -0.3 is 14.8 Å². The van der Waals surface area contributed by atoms with E-state index in [0.717, 1.165) is 31.7 Å². The maximum absolute atomic E-state index is 5.15. The van der Waals surface area contributed by atoms with Crippen LogP contribution in [0.2, 0.25) is 0 Å². The van der Waals surface area contributed by atoms with E-state index in [1.54, 1.807) is 14.2 Å². The fourth-order valence-electron chi connectivity index (χ4n) is 1.87. The normalized spacial score (nSPS) is 12.4. The van der Waals surface area contributed by atoms with Gasteiger partial charge in [-0.1, -0.05) is 19.1 Å². The lowest BCUT2D eigenvalue weighted by molar-refractivity contribution is 0.183. The SMILES string of the molecule is CCNC(CCOC)Cc1ccc(OC)cc1. The van der Waals surface area contributed by atoms with Gasteiger partial charge in [0.1, 0.15) is 5.75 Å². The Balaban J connectivity index is 2.51. The zero-order valence-electron chi connectivity index (χ0n) is 11.0. The van der Waals surface area contributed by atoms with Crippen molar-refractivity contribution >= 4 is 0 Å². The molecule has 0 radical (unpaired) electrons. The Bertz CT molecular complexity index is 298. The van der Waals surface area contributed by atoms with Crippen molar-refractivity contribution in [2.75, 3.05) is 27.4 Å². The summed E-state index contributed by atoms with van der Waals surface area (Å²) >= 11 is 0. The van der Waals surface area contributed by atoms with Crippen LogP contribution in [0.15, 0.2) is 24.3 Å². The van der Waals surface area contributed by atoms with Gasteiger partial charge in [0.2, 0.25) is 0 Å². The molecule has 0 amide bonds. The highest BCUT2D eigenvalue weighted by atomic mass is 16.5. The van der Waals surface area contributed by atoms with Gasteiger partial charge in [0.25, 0.3) is 0 Å². The van der Waals surface area contributed by atoms with Crippen molar-refractivity contribution in [1.29, 1.82) is 0 Å². The summed E-state index contributed by atoms with van der Waals surface area (Å²) in [5.41, 5.74) is 1.33. The van der Waals surface area contributed by atoms with Crippen LogP contribution in [0.5, 0.6) is 5.75 Å².